The molecule has 41 heavy (non-hydrogen) atoms. The number of hydrogen-bond donors (Lipinski definition) is 4. The van der Waals surface area contributed by atoms with Gasteiger partial charge in [-0.1, -0.05) is 66.0 Å². The normalized spacial score (nSPS) is 47.7. The van der Waals surface area contributed by atoms with Crippen molar-refractivity contribution >= 4 is 0 Å². The molecule has 6 heteroatoms. The van der Waals surface area contributed by atoms with E-state index in [0.29, 0.717) is 5.41 Å². The van der Waals surface area contributed by atoms with Gasteiger partial charge in [-0.25, -0.2) is 0 Å². The van der Waals surface area contributed by atoms with Crippen LogP contribution < -0.4 is 0 Å². The fourth-order valence-electron chi connectivity index (χ4n) is 10.8. The Kier molecular flexibility index (Phi) is 9.71. The SMILES string of the molecule is CC[C@H](CC[C@H](C)[C@H]1CC[C@@H]2[C@@H]3CC=C4C[C@H](O[C@@H]5O[C@H](CO)[C@@H](O)[C@H](O)[C@H]5O)CC[C@]4(C)[C@H]3CC[C@@]21C)C(C)C. The van der Waals surface area contributed by atoms with Crippen LogP contribution in [0.25, 0.3) is 0 Å². The zero-order valence-electron chi connectivity index (χ0n) is 26.7. The fraction of sp³-hybridized carbons (Fsp3) is 0.943. The molecule has 6 nitrogen and oxygen atoms in total. The lowest BCUT2D eigenvalue weighted by Gasteiger charge is -2.58. The predicted octanol–water partition coefficient (Wildman–Crippen LogP) is 5.85. The molecule has 1 aliphatic heterocycles. The van der Waals surface area contributed by atoms with Gasteiger partial charge in [-0.2, -0.15) is 0 Å². The first kappa shape index (κ1) is 31.9. The van der Waals surface area contributed by atoms with Crippen LogP contribution in [-0.4, -0.2) is 63.8 Å². The maximum absolute atomic E-state index is 10.5. The molecule has 0 bridgehead atoms. The maximum Gasteiger partial charge on any atom is 0.186 e. The van der Waals surface area contributed by atoms with Crippen molar-refractivity contribution < 1.29 is 29.9 Å². The number of hydrogen-bond acceptors (Lipinski definition) is 6. The summed E-state index contributed by atoms with van der Waals surface area (Å²) in [4.78, 5) is 0. The molecule has 4 fully saturated rings. The topological polar surface area (TPSA) is 99.4 Å². The van der Waals surface area contributed by atoms with Gasteiger partial charge in [-0.05, 0) is 110 Å². The molecule has 14 atom stereocenters. The molecule has 0 spiro atoms. The van der Waals surface area contributed by atoms with Crippen LogP contribution in [0.15, 0.2) is 11.6 Å². The third kappa shape index (κ3) is 5.73. The molecule has 5 rings (SSSR count). The molecule has 4 N–H and O–H groups in total. The van der Waals surface area contributed by atoms with Crippen LogP contribution in [0, 0.1) is 52.3 Å². The van der Waals surface area contributed by atoms with Crippen molar-refractivity contribution in [3.05, 3.63) is 11.6 Å². The van der Waals surface area contributed by atoms with Crippen LogP contribution in [0.1, 0.15) is 112 Å². The molecule has 5 aliphatic rings. The first-order chi connectivity index (χ1) is 19.4. The number of ether oxygens (including phenoxy) is 2. The Morgan fingerprint density at radius 2 is 1.71 bits per heavy atom. The van der Waals surface area contributed by atoms with E-state index in [0.717, 1.165) is 60.7 Å². The van der Waals surface area contributed by atoms with Crippen LogP contribution >= 0.6 is 0 Å². The van der Waals surface area contributed by atoms with Crippen LogP contribution in [0.2, 0.25) is 0 Å². The minimum atomic E-state index is -1.40. The molecule has 0 aromatic carbocycles. The van der Waals surface area contributed by atoms with E-state index in [1.165, 1.54) is 56.9 Å². The van der Waals surface area contributed by atoms with Crippen molar-refractivity contribution in [2.75, 3.05) is 6.61 Å². The summed E-state index contributed by atoms with van der Waals surface area (Å²) in [6.45, 7) is 14.5. The zero-order chi connectivity index (χ0) is 29.7. The molecule has 0 aromatic rings. The molecular formula is C35H60O6. The maximum atomic E-state index is 10.5. The van der Waals surface area contributed by atoms with Crippen molar-refractivity contribution in [2.45, 2.75) is 149 Å². The highest BCUT2D eigenvalue weighted by atomic mass is 16.7. The van der Waals surface area contributed by atoms with Gasteiger partial charge in [0.25, 0.3) is 0 Å². The fourth-order valence-corrected chi connectivity index (χ4v) is 10.8. The Labute approximate surface area is 249 Å². The molecule has 1 saturated heterocycles. The summed E-state index contributed by atoms with van der Waals surface area (Å²) in [5.74, 6) is 5.66. The number of aliphatic hydroxyl groups is 4. The van der Waals surface area contributed by atoms with Gasteiger partial charge >= 0.3 is 0 Å². The molecule has 4 aliphatic carbocycles. The highest BCUT2D eigenvalue weighted by molar-refractivity contribution is 5.25. The lowest BCUT2D eigenvalue weighted by Crippen LogP contribution is -2.60. The van der Waals surface area contributed by atoms with Gasteiger partial charge < -0.3 is 29.9 Å². The summed E-state index contributed by atoms with van der Waals surface area (Å²) in [5.41, 5.74) is 2.19. The summed E-state index contributed by atoms with van der Waals surface area (Å²) >= 11 is 0. The Hall–Kier alpha value is -0.500. The molecule has 236 valence electrons. The lowest BCUT2D eigenvalue weighted by molar-refractivity contribution is -0.313. The summed E-state index contributed by atoms with van der Waals surface area (Å²) in [6.07, 6.45) is 9.92. The number of allylic oxidation sites excluding steroid dienone is 1. The Balaban J connectivity index is 1.24. The second-order valence-corrected chi connectivity index (χ2v) is 15.7. The second kappa shape index (κ2) is 12.5. The van der Waals surface area contributed by atoms with Gasteiger partial charge in [0.15, 0.2) is 6.29 Å². The highest BCUT2D eigenvalue weighted by Gasteiger charge is 2.59. The third-order valence-corrected chi connectivity index (χ3v) is 13.5. The summed E-state index contributed by atoms with van der Waals surface area (Å²) in [6, 6.07) is 0. The molecule has 0 radical (unpaired) electrons. The molecule has 0 unspecified atom stereocenters. The van der Waals surface area contributed by atoms with E-state index in [9.17, 15) is 20.4 Å². The summed E-state index contributed by atoms with van der Waals surface area (Å²) in [7, 11) is 0. The first-order valence-electron chi connectivity index (χ1n) is 17.1. The van der Waals surface area contributed by atoms with E-state index in [1.807, 2.05) is 0 Å². The molecule has 0 amide bonds. The standard InChI is InChI=1S/C35H60O6/c1-7-22(20(2)3)9-8-21(4)26-12-13-27-25-11-10-23-18-24(14-16-34(23,5)28(25)15-17-35(26,27)6)40-33-32(39)31(38)30(37)29(19-36)41-33/h10,20-22,24-33,36-39H,7-9,11-19H2,1-6H3/t21-,22+,24+,25-,26+,27+,28-,29+,30+,31-,32+,33+,34-,35+/m0/s1. The van der Waals surface area contributed by atoms with E-state index in [2.05, 4.69) is 47.6 Å². The van der Waals surface area contributed by atoms with E-state index in [4.69, 9.17) is 9.47 Å². The zero-order valence-corrected chi connectivity index (χ0v) is 26.7. The van der Waals surface area contributed by atoms with E-state index >= 15 is 0 Å². The quantitative estimate of drug-likeness (QED) is 0.257. The largest absolute Gasteiger partial charge is 0.394 e. The Morgan fingerprint density at radius 1 is 0.951 bits per heavy atom. The van der Waals surface area contributed by atoms with Gasteiger partial charge in [0.1, 0.15) is 24.4 Å². The van der Waals surface area contributed by atoms with E-state index < -0.39 is 37.3 Å². The number of rotatable bonds is 9. The van der Waals surface area contributed by atoms with Crippen molar-refractivity contribution in [3.63, 3.8) is 0 Å². The second-order valence-electron chi connectivity index (χ2n) is 15.7. The van der Waals surface area contributed by atoms with E-state index in [-0.39, 0.29) is 11.5 Å². The van der Waals surface area contributed by atoms with Gasteiger partial charge in [-0.15, -0.1) is 0 Å². The van der Waals surface area contributed by atoms with Gasteiger partial charge in [0.05, 0.1) is 12.7 Å². The average molecular weight is 577 g/mol. The van der Waals surface area contributed by atoms with Crippen molar-refractivity contribution in [2.24, 2.45) is 52.3 Å². The monoisotopic (exact) mass is 576 g/mol. The first-order valence-corrected chi connectivity index (χ1v) is 17.1. The van der Waals surface area contributed by atoms with Gasteiger partial charge in [0, 0.05) is 0 Å². The molecule has 1 heterocycles. The Bertz CT molecular complexity index is 918. The molecule has 0 aromatic heterocycles. The van der Waals surface area contributed by atoms with Crippen molar-refractivity contribution in [3.8, 4) is 0 Å². The lowest BCUT2D eigenvalue weighted by atomic mass is 9.47. The van der Waals surface area contributed by atoms with Crippen LogP contribution in [0.3, 0.4) is 0 Å². The predicted molar refractivity (Wildman–Crippen MR) is 161 cm³/mol. The van der Waals surface area contributed by atoms with Crippen LogP contribution in [0.5, 0.6) is 0 Å². The van der Waals surface area contributed by atoms with Crippen molar-refractivity contribution in [1.82, 2.24) is 0 Å². The van der Waals surface area contributed by atoms with Gasteiger partial charge in [0.2, 0.25) is 0 Å². The summed E-state index contributed by atoms with van der Waals surface area (Å²) in [5, 5.41) is 40.4. The number of aliphatic hydroxyl groups excluding tert-OH is 4. The molecular weight excluding hydrogens is 516 g/mol. The molecule has 3 saturated carbocycles. The Morgan fingerprint density at radius 3 is 2.39 bits per heavy atom. The van der Waals surface area contributed by atoms with Crippen LogP contribution in [-0.2, 0) is 9.47 Å². The highest BCUT2D eigenvalue weighted by Crippen LogP contribution is 2.67. The minimum Gasteiger partial charge on any atom is -0.394 e. The minimum absolute atomic E-state index is 0.101. The smallest absolute Gasteiger partial charge is 0.186 e. The van der Waals surface area contributed by atoms with Crippen LogP contribution in [0.4, 0.5) is 0 Å². The van der Waals surface area contributed by atoms with Gasteiger partial charge in [-0.3, -0.25) is 0 Å². The number of fused-ring (bicyclic) bond motifs is 5. The van der Waals surface area contributed by atoms with Crippen molar-refractivity contribution in [1.29, 1.82) is 0 Å². The average Bonchev–Trinajstić information content (AvgIpc) is 3.30. The summed E-state index contributed by atoms with van der Waals surface area (Å²) < 4.78 is 11.9. The van der Waals surface area contributed by atoms with E-state index in [1.54, 1.807) is 0 Å². The third-order valence-electron chi connectivity index (χ3n) is 13.5.